The standard InChI is InChI=1S/C18H24N4O/c1-22(2)13-12-19-17-10-9-16(14-20-17)21-18(23)11-8-15-6-4-3-5-7-15/h3-7,9-10,14H,8,11-13H2,1-2H3,(H,19,20)(H,21,23). The highest BCUT2D eigenvalue weighted by atomic mass is 16.1. The van der Waals surface area contributed by atoms with Crippen molar-refractivity contribution < 1.29 is 4.79 Å². The van der Waals surface area contributed by atoms with Crippen LogP contribution in [0.2, 0.25) is 0 Å². The Labute approximate surface area is 137 Å². The SMILES string of the molecule is CN(C)CCNc1ccc(NC(=O)CCc2ccccc2)cn1. The molecule has 0 bridgehead atoms. The van der Waals surface area contributed by atoms with Gasteiger partial charge in [0.05, 0.1) is 11.9 Å². The van der Waals surface area contributed by atoms with Gasteiger partial charge in [0.2, 0.25) is 5.91 Å². The normalized spacial score (nSPS) is 10.6. The first-order valence-corrected chi connectivity index (χ1v) is 7.82. The smallest absolute Gasteiger partial charge is 0.224 e. The van der Waals surface area contributed by atoms with Gasteiger partial charge in [-0.1, -0.05) is 30.3 Å². The average Bonchev–Trinajstić information content (AvgIpc) is 2.55. The zero-order valence-electron chi connectivity index (χ0n) is 13.7. The van der Waals surface area contributed by atoms with Crippen LogP contribution >= 0.6 is 0 Å². The number of nitrogens with zero attached hydrogens (tertiary/aromatic N) is 2. The van der Waals surface area contributed by atoms with E-state index in [0.717, 1.165) is 31.0 Å². The van der Waals surface area contributed by atoms with Gasteiger partial charge in [-0.05, 0) is 38.2 Å². The summed E-state index contributed by atoms with van der Waals surface area (Å²) >= 11 is 0. The third-order valence-corrected chi connectivity index (χ3v) is 3.40. The lowest BCUT2D eigenvalue weighted by Gasteiger charge is -2.11. The van der Waals surface area contributed by atoms with Crippen molar-refractivity contribution in [1.29, 1.82) is 0 Å². The number of amides is 1. The van der Waals surface area contributed by atoms with E-state index in [4.69, 9.17) is 0 Å². The van der Waals surface area contributed by atoms with Crippen LogP contribution in [-0.2, 0) is 11.2 Å². The predicted octanol–water partition coefficient (Wildman–Crippen LogP) is 2.63. The summed E-state index contributed by atoms with van der Waals surface area (Å²) in [5.41, 5.74) is 1.89. The fourth-order valence-corrected chi connectivity index (χ4v) is 2.11. The molecule has 1 aromatic carbocycles. The fourth-order valence-electron chi connectivity index (χ4n) is 2.11. The number of likely N-dealkylation sites (N-methyl/N-ethyl adjacent to an activating group) is 1. The lowest BCUT2D eigenvalue weighted by Crippen LogP contribution is -2.21. The van der Waals surface area contributed by atoms with Crippen molar-refractivity contribution >= 4 is 17.4 Å². The van der Waals surface area contributed by atoms with E-state index in [1.807, 2.05) is 56.6 Å². The third-order valence-electron chi connectivity index (χ3n) is 3.40. The first-order valence-electron chi connectivity index (χ1n) is 7.82. The van der Waals surface area contributed by atoms with Crippen molar-refractivity contribution in [2.75, 3.05) is 37.8 Å². The Hall–Kier alpha value is -2.40. The maximum absolute atomic E-state index is 12.0. The molecule has 0 fully saturated rings. The zero-order valence-corrected chi connectivity index (χ0v) is 13.7. The number of pyridine rings is 1. The van der Waals surface area contributed by atoms with E-state index in [1.54, 1.807) is 6.20 Å². The number of carbonyl (C=O) groups is 1. The van der Waals surface area contributed by atoms with Crippen LogP contribution in [-0.4, -0.2) is 43.0 Å². The Morgan fingerprint density at radius 2 is 1.91 bits per heavy atom. The monoisotopic (exact) mass is 312 g/mol. The fraction of sp³-hybridized carbons (Fsp3) is 0.333. The van der Waals surface area contributed by atoms with Gasteiger partial charge in [0.25, 0.3) is 0 Å². The third kappa shape index (κ3) is 6.48. The molecule has 0 aliphatic carbocycles. The second-order valence-electron chi connectivity index (χ2n) is 5.70. The number of rotatable bonds is 8. The van der Waals surface area contributed by atoms with Crippen LogP contribution in [0, 0.1) is 0 Å². The van der Waals surface area contributed by atoms with Gasteiger partial charge in [-0.25, -0.2) is 4.98 Å². The quantitative estimate of drug-likeness (QED) is 0.787. The number of nitrogens with one attached hydrogen (secondary N) is 2. The summed E-state index contributed by atoms with van der Waals surface area (Å²) < 4.78 is 0. The van der Waals surface area contributed by atoms with Crippen LogP contribution in [0.3, 0.4) is 0 Å². The summed E-state index contributed by atoms with van der Waals surface area (Å²) in [5, 5.41) is 6.11. The Kier molecular flexibility index (Phi) is 6.56. The molecule has 2 aromatic rings. The second kappa shape index (κ2) is 8.90. The minimum atomic E-state index is 0.00368. The van der Waals surface area contributed by atoms with Crippen molar-refractivity contribution in [3.05, 3.63) is 54.2 Å². The zero-order chi connectivity index (χ0) is 16.5. The van der Waals surface area contributed by atoms with Crippen LogP contribution in [0.4, 0.5) is 11.5 Å². The van der Waals surface area contributed by atoms with E-state index in [-0.39, 0.29) is 5.91 Å². The van der Waals surface area contributed by atoms with Gasteiger partial charge in [-0.3, -0.25) is 4.79 Å². The summed E-state index contributed by atoms with van der Waals surface area (Å²) in [5.74, 6) is 0.818. The van der Waals surface area contributed by atoms with Gasteiger partial charge in [0, 0.05) is 19.5 Å². The number of hydrogen-bond donors (Lipinski definition) is 2. The average molecular weight is 312 g/mol. The number of aryl methyl sites for hydroxylation is 1. The molecular weight excluding hydrogens is 288 g/mol. The summed E-state index contributed by atoms with van der Waals surface area (Å²) in [6, 6.07) is 13.8. The Morgan fingerprint density at radius 1 is 1.13 bits per heavy atom. The van der Waals surface area contributed by atoms with E-state index in [2.05, 4.69) is 20.5 Å². The number of carbonyl (C=O) groups excluding carboxylic acids is 1. The first kappa shape index (κ1) is 17.0. The van der Waals surface area contributed by atoms with E-state index < -0.39 is 0 Å². The molecule has 2 rings (SSSR count). The number of aromatic nitrogens is 1. The molecule has 0 aliphatic rings. The maximum Gasteiger partial charge on any atom is 0.224 e. The minimum Gasteiger partial charge on any atom is -0.369 e. The summed E-state index contributed by atoms with van der Waals surface area (Å²) in [4.78, 5) is 18.4. The topological polar surface area (TPSA) is 57.3 Å². The minimum absolute atomic E-state index is 0.00368. The Morgan fingerprint density at radius 3 is 2.57 bits per heavy atom. The molecule has 0 saturated heterocycles. The van der Waals surface area contributed by atoms with E-state index in [1.165, 1.54) is 5.56 Å². The molecule has 1 aromatic heterocycles. The highest BCUT2D eigenvalue weighted by molar-refractivity contribution is 5.90. The summed E-state index contributed by atoms with van der Waals surface area (Å²) in [6.07, 6.45) is 2.88. The van der Waals surface area contributed by atoms with Crippen LogP contribution in [0.25, 0.3) is 0 Å². The first-order chi connectivity index (χ1) is 11.1. The van der Waals surface area contributed by atoms with Crippen molar-refractivity contribution in [3.8, 4) is 0 Å². The molecule has 23 heavy (non-hydrogen) atoms. The van der Waals surface area contributed by atoms with Gasteiger partial charge in [0.15, 0.2) is 0 Å². The van der Waals surface area contributed by atoms with E-state index >= 15 is 0 Å². The number of anilines is 2. The molecule has 0 spiro atoms. The Balaban J connectivity index is 1.75. The Bertz CT molecular complexity index is 596. The van der Waals surface area contributed by atoms with Gasteiger partial charge >= 0.3 is 0 Å². The van der Waals surface area contributed by atoms with Gasteiger partial charge in [-0.2, -0.15) is 0 Å². The lowest BCUT2D eigenvalue weighted by molar-refractivity contribution is -0.116. The molecule has 0 saturated carbocycles. The van der Waals surface area contributed by atoms with Gasteiger partial charge in [0.1, 0.15) is 5.82 Å². The number of benzene rings is 1. The number of hydrogen-bond acceptors (Lipinski definition) is 4. The van der Waals surface area contributed by atoms with Crippen LogP contribution in [0.15, 0.2) is 48.7 Å². The van der Waals surface area contributed by atoms with Crippen molar-refractivity contribution in [1.82, 2.24) is 9.88 Å². The van der Waals surface area contributed by atoms with Crippen LogP contribution < -0.4 is 10.6 Å². The maximum atomic E-state index is 12.0. The molecule has 0 radical (unpaired) electrons. The van der Waals surface area contributed by atoms with Gasteiger partial charge < -0.3 is 15.5 Å². The van der Waals surface area contributed by atoms with Crippen molar-refractivity contribution in [3.63, 3.8) is 0 Å². The lowest BCUT2D eigenvalue weighted by atomic mass is 10.1. The highest BCUT2D eigenvalue weighted by Gasteiger charge is 2.04. The van der Waals surface area contributed by atoms with Crippen molar-refractivity contribution in [2.45, 2.75) is 12.8 Å². The molecule has 1 heterocycles. The van der Waals surface area contributed by atoms with E-state index in [0.29, 0.717) is 6.42 Å². The molecule has 122 valence electrons. The molecule has 0 aliphatic heterocycles. The molecule has 0 atom stereocenters. The molecule has 2 N–H and O–H groups in total. The van der Waals surface area contributed by atoms with Crippen LogP contribution in [0.5, 0.6) is 0 Å². The molecule has 5 nitrogen and oxygen atoms in total. The molecule has 1 amide bonds. The second-order valence-corrected chi connectivity index (χ2v) is 5.70. The van der Waals surface area contributed by atoms with Gasteiger partial charge in [-0.15, -0.1) is 0 Å². The van der Waals surface area contributed by atoms with Crippen molar-refractivity contribution in [2.24, 2.45) is 0 Å². The molecular formula is C18H24N4O. The molecule has 0 unspecified atom stereocenters. The van der Waals surface area contributed by atoms with E-state index in [9.17, 15) is 4.79 Å². The van der Waals surface area contributed by atoms with Crippen LogP contribution in [0.1, 0.15) is 12.0 Å². The summed E-state index contributed by atoms with van der Waals surface area (Å²) in [6.45, 7) is 1.78. The largest absolute Gasteiger partial charge is 0.369 e. The molecule has 5 heteroatoms. The summed E-state index contributed by atoms with van der Waals surface area (Å²) in [7, 11) is 4.06. The highest BCUT2D eigenvalue weighted by Crippen LogP contribution is 2.10. The predicted molar refractivity (Wildman–Crippen MR) is 94.7 cm³/mol.